The molecule has 2 aromatic heterocycles. The van der Waals surface area contributed by atoms with E-state index in [1.54, 1.807) is 20.4 Å². The zero-order chi connectivity index (χ0) is 24.9. The minimum absolute atomic E-state index is 0.132. The average molecular weight is 481 g/mol. The number of hydrogen-bond donors (Lipinski definition) is 2. The zero-order valence-corrected chi connectivity index (χ0v) is 20.3. The molecule has 0 aliphatic heterocycles. The predicted octanol–water partition coefficient (Wildman–Crippen LogP) is 4.99. The minimum atomic E-state index is -0.158. The Kier molecular flexibility index (Phi) is 6.71. The lowest BCUT2D eigenvalue weighted by Crippen LogP contribution is -2.29. The second-order valence-electron chi connectivity index (χ2n) is 8.54. The first kappa shape index (κ1) is 23.2. The molecule has 1 atom stereocenters. The molecule has 5 aromatic rings. The molecule has 0 aliphatic rings. The third-order valence-electron chi connectivity index (χ3n) is 6.39. The van der Waals surface area contributed by atoms with Gasteiger partial charge in [-0.2, -0.15) is 5.10 Å². The molecule has 7 nitrogen and oxygen atoms in total. The molecular formula is C29H28N4O3. The molecule has 1 unspecified atom stereocenters. The number of aromatic amines is 1. The van der Waals surface area contributed by atoms with Gasteiger partial charge in [0, 0.05) is 53.1 Å². The Morgan fingerprint density at radius 1 is 0.972 bits per heavy atom. The Labute approximate surface area is 209 Å². The van der Waals surface area contributed by atoms with E-state index in [0.29, 0.717) is 30.2 Å². The van der Waals surface area contributed by atoms with Crippen LogP contribution in [0.3, 0.4) is 0 Å². The van der Waals surface area contributed by atoms with Gasteiger partial charge in [-0.1, -0.05) is 42.5 Å². The maximum absolute atomic E-state index is 13.1. The number of nitrogens with zero attached hydrogens (tertiary/aromatic N) is 2. The molecule has 36 heavy (non-hydrogen) atoms. The summed E-state index contributed by atoms with van der Waals surface area (Å²) in [6.45, 7) is 1.05. The predicted molar refractivity (Wildman–Crippen MR) is 140 cm³/mol. The van der Waals surface area contributed by atoms with Crippen molar-refractivity contribution in [2.45, 2.75) is 12.5 Å². The van der Waals surface area contributed by atoms with Gasteiger partial charge in [0.15, 0.2) is 11.5 Å². The molecule has 2 N–H and O–H groups in total. The van der Waals surface area contributed by atoms with E-state index in [2.05, 4.69) is 21.5 Å². The van der Waals surface area contributed by atoms with E-state index in [-0.39, 0.29) is 11.8 Å². The smallest absolute Gasteiger partial charge is 0.251 e. The van der Waals surface area contributed by atoms with Crippen LogP contribution in [0.2, 0.25) is 0 Å². The number of ether oxygens (including phenoxy) is 2. The van der Waals surface area contributed by atoms with Crippen LogP contribution in [0.1, 0.15) is 33.0 Å². The highest BCUT2D eigenvalue weighted by Crippen LogP contribution is 2.40. The van der Waals surface area contributed by atoms with Gasteiger partial charge < -0.3 is 19.8 Å². The third kappa shape index (κ3) is 4.68. The van der Waals surface area contributed by atoms with Crippen molar-refractivity contribution in [3.05, 3.63) is 114 Å². The van der Waals surface area contributed by atoms with Gasteiger partial charge in [-0.05, 0) is 41.5 Å². The van der Waals surface area contributed by atoms with Crippen molar-refractivity contribution in [3.63, 3.8) is 0 Å². The number of methoxy groups -OCH3 is 2. The summed E-state index contributed by atoms with van der Waals surface area (Å²) < 4.78 is 13.1. The van der Waals surface area contributed by atoms with Crippen molar-refractivity contribution in [2.75, 3.05) is 20.8 Å². The van der Waals surface area contributed by atoms with E-state index in [0.717, 1.165) is 27.6 Å². The second kappa shape index (κ2) is 10.4. The number of H-pyrrole nitrogens is 1. The van der Waals surface area contributed by atoms with E-state index in [1.807, 2.05) is 83.8 Å². The number of benzene rings is 3. The molecule has 0 fully saturated rings. The van der Waals surface area contributed by atoms with Gasteiger partial charge in [0.05, 0.1) is 20.8 Å². The maximum Gasteiger partial charge on any atom is 0.251 e. The molecule has 0 saturated heterocycles. The van der Waals surface area contributed by atoms with Crippen LogP contribution in [-0.2, 0) is 6.54 Å². The number of nitrogens with one attached hydrogen (secondary N) is 2. The number of fused-ring (bicyclic) bond motifs is 1. The summed E-state index contributed by atoms with van der Waals surface area (Å²) in [6.07, 6.45) is 5.67. The molecule has 5 rings (SSSR count). The molecule has 3 aromatic carbocycles. The fourth-order valence-electron chi connectivity index (χ4n) is 4.60. The van der Waals surface area contributed by atoms with Crippen LogP contribution in [-0.4, -0.2) is 41.4 Å². The van der Waals surface area contributed by atoms with E-state index < -0.39 is 0 Å². The molecule has 1 amide bonds. The summed E-state index contributed by atoms with van der Waals surface area (Å²) in [5.74, 6) is 1.02. The molecule has 7 heteroatoms. The molecule has 2 heterocycles. The van der Waals surface area contributed by atoms with Gasteiger partial charge in [-0.3, -0.25) is 9.48 Å². The Hall–Kier alpha value is -4.52. The number of hydrogen-bond acceptors (Lipinski definition) is 4. The molecule has 182 valence electrons. The molecule has 0 spiro atoms. The highest BCUT2D eigenvalue weighted by Gasteiger charge is 2.24. The monoisotopic (exact) mass is 480 g/mol. The summed E-state index contributed by atoms with van der Waals surface area (Å²) in [6, 6.07) is 23.5. The number of rotatable bonds is 9. The summed E-state index contributed by atoms with van der Waals surface area (Å²) in [7, 11) is 3.26. The first-order valence-corrected chi connectivity index (χ1v) is 11.8. The number of para-hydroxylation sites is 2. The van der Waals surface area contributed by atoms with Crippen LogP contribution in [0, 0.1) is 0 Å². The lowest BCUT2D eigenvalue weighted by Gasteiger charge is -2.22. The standard InChI is InChI=1S/C29H28N4O3/c1-35-27-10-5-8-23(28(27)36-2)25(24-17-30-26-9-4-3-7-22(24)26)18-31-29(34)21-13-11-20(12-14-21)19-33-16-6-15-32-33/h3-17,25,30H,18-19H2,1-2H3,(H,31,34). The van der Waals surface area contributed by atoms with Crippen LogP contribution in [0.4, 0.5) is 0 Å². The van der Waals surface area contributed by atoms with Gasteiger partial charge in [0.25, 0.3) is 5.91 Å². The van der Waals surface area contributed by atoms with Crippen molar-refractivity contribution in [3.8, 4) is 11.5 Å². The Bertz CT molecular complexity index is 1460. The third-order valence-corrected chi connectivity index (χ3v) is 6.39. The van der Waals surface area contributed by atoms with Crippen molar-refractivity contribution in [1.82, 2.24) is 20.1 Å². The van der Waals surface area contributed by atoms with Gasteiger partial charge in [0.1, 0.15) is 0 Å². The van der Waals surface area contributed by atoms with Crippen molar-refractivity contribution >= 4 is 16.8 Å². The van der Waals surface area contributed by atoms with Crippen LogP contribution in [0.5, 0.6) is 11.5 Å². The fourth-order valence-corrected chi connectivity index (χ4v) is 4.60. The van der Waals surface area contributed by atoms with Gasteiger partial charge in [0.2, 0.25) is 0 Å². The lowest BCUT2D eigenvalue weighted by atomic mass is 9.89. The number of carbonyl (C=O) groups excluding carboxylic acids is 1. The summed E-state index contributed by atoms with van der Waals surface area (Å²) >= 11 is 0. The normalized spacial score (nSPS) is 11.8. The van der Waals surface area contributed by atoms with Crippen LogP contribution < -0.4 is 14.8 Å². The number of amides is 1. The second-order valence-corrected chi connectivity index (χ2v) is 8.54. The van der Waals surface area contributed by atoms with Crippen molar-refractivity contribution in [1.29, 1.82) is 0 Å². The zero-order valence-electron chi connectivity index (χ0n) is 20.3. The molecule has 0 radical (unpaired) electrons. The van der Waals surface area contributed by atoms with Crippen molar-refractivity contribution in [2.24, 2.45) is 0 Å². The largest absolute Gasteiger partial charge is 0.493 e. The first-order valence-electron chi connectivity index (χ1n) is 11.8. The molecule has 0 saturated carbocycles. The van der Waals surface area contributed by atoms with Crippen LogP contribution >= 0.6 is 0 Å². The van der Waals surface area contributed by atoms with Gasteiger partial charge in [-0.25, -0.2) is 0 Å². The topological polar surface area (TPSA) is 81.2 Å². The number of aromatic nitrogens is 3. The summed E-state index contributed by atoms with van der Waals surface area (Å²) in [4.78, 5) is 16.5. The number of carbonyl (C=O) groups is 1. The van der Waals surface area contributed by atoms with Crippen molar-refractivity contribution < 1.29 is 14.3 Å². The molecule has 0 bridgehead atoms. The van der Waals surface area contributed by atoms with E-state index in [1.165, 1.54) is 0 Å². The fraction of sp³-hybridized carbons (Fsp3) is 0.172. The van der Waals surface area contributed by atoms with E-state index in [9.17, 15) is 4.79 Å². The first-order chi connectivity index (χ1) is 17.7. The lowest BCUT2D eigenvalue weighted by molar-refractivity contribution is 0.0952. The Morgan fingerprint density at radius 2 is 1.81 bits per heavy atom. The quantitative estimate of drug-likeness (QED) is 0.311. The van der Waals surface area contributed by atoms with Gasteiger partial charge >= 0.3 is 0 Å². The summed E-state index contributed by atoms with van der Waals surface area (Å²) in [5, 5.41) is 8.47. The summed E-state index contributed by atoms with van der Waals surface area (Å²) in [5.41, 5.74) is 4.74. The van der Waals surface area contributed by atoms with Crippen LogP contribution in [0.15, 0.2) is 91.4 Å². The van der Waals surface area contributed by atoms with E-state index in [4.69, 9.17) is 9.47 Å². The minimum Gasteiger partial charge on any atom is -0.493 e. The highest BCUT2D eigenvalue weighted by atomic mass is 16.5. The highest BCUT2D eigenvalue weighted by molar-refractivity contribution is 5.94. The SMILES string of the molecule is COc1cccc(C(CNC(=O)c2ccc(Cn3cccn3)cc2)c2c[nH]c3ccccc23)c1OC. The Balaban J connectivity index is 1.41. The molecule has 0 aliphatic carbocycles. The maximum atomic E-state index is 13.1. The average Bonchev–Trinajstić information content (AvgIpc) is 3.59. The van der Waals surface area contributed by atoms with E-state index >= 15 is 0 Å². The van der Waals surface area contributed by atoms with Crippen LogP contribution in [0.25, 0.3) is 10.9 Å². The van der Waals surface area contributed by atoms with Gasteiger partial charge in [-0.15, -0.1) is 0 Å². The molecular weight excluding hydrogens is 452 g/mol. The Morgan fingerprint density at radius 3 is 2.56 bits per heavy atom.